The Balaban J connectivity index is 2.43. The lowest BCUT2D eigenvalue weighted by Gasteiger charge is -2.18. The van der Waals surface area contributed by atoms with Gasteiger partial charge in [0, 0.05) is 6.07 Å². The van der Waals surface area contributed by atoms with Crippen LogP contribution in [-0.2, 0) is 0 Å². The first-order valence-corrected chi connectivity index (χ1v) is 6.05. The zero-order valence-corrected chi connectivity index (χ0v) is 11.3. The van der Waals surface area contributed by atoms with Crippen LogP contribution in [0, 0.1) is 13.8 Å². The largest absolute Gasteiger partial charge is 0.481 e. The number of hydrogen-bond acceptors (Lipinski definition) is 5. The number of aromatic nitrogens is 2. The summed E-state index contributed by atoms with van der Waals surface area (Å²) in [4.78, 5) is 8.27. The molecule has 19 heavy (non-hydrogen) atoms. The first-order valence-electron chi connectivity index (χ1n) is 6.05. The molecule has 1 unspecified atom stereocenters. The van der Waals surface area contributed by atoms with Gasteiger partial charge in [-0.2, -0.15) is 0 Å². The van der Waals surface area contributed by atoms with Crippen molar-refractivity contribution in [1.29, 1.82) is 0 Å². The summed E-state index contributed by atoms with van der Waals surface area (Å²) < 4.78 is 5.12. The van der Waals surface area contributed by atoms with Gasteiger partial charge in [-0.05, 0) is 25.0 Å². The van der Waals surface area contributed by atoms with E-state index in [0.717, 1.165) is 11.3 Å². The molecule has 0 aliphatic carbocycles. The van der Waals surface area contributed by atoms with Gasteiger partial charge in [-0.1, -0.05) is 23.8 Å². The normalized spacial score (nSPS) is 12.2. The molecule has 1 aromatic carbocycles. The topological polar surface area (TPSA) is 73.1 Å². The molecule has 2 aromatic rings. The molecular weight excluding hydrogens is 240 g/mol. The maximum atomic E-state index is 5.68. The Morgan fingerprint density at radius 3 is 2.63 bits per heavy atom. The van der Waals surface area contributed by atoms with Crippen LogP contribution < -0.4 is 16.0 Å². The van der Waals surface area contributed by atoms with E-state index in [4.69, 9.17) is 10.6 Å². The average molecular weight is 258 g/mol. The van der Waals surface area contributed by atoms with Gasteiger partial charge in [-0.3, -0.25) is 5.84 Å². The highest BCUT2D eigenvalue weighted by Crippen LogP contribution is 2.24. The van der Waals surface area contributed by atoms with E-state index in [1.165, 1.54) is 17.5 Å². The van der Waals surface area contributed by atoms with Crippen molar-refractivity contribution in [1.82, 2.24) is 15.4 Å². The fourth-order valence-corrected chi connectivity index (χ4v) is 2.11. The van der Waals surface area contributed by atoms with E-state index in [0.29, 0.717) is 5.88 Å². The Labute approximate surface area is 112 Å². The second-order valence-electron chi connectivity index (χ2n) is 4.44. The molecule has 0 radical (unpaired) electrons. The highest BCUT2D eigenvalue weighted by Gasteiger charge is 2.17. The van der Waals surface area contributed by atoms with Crippen molar-refractivity contribution in [2.45, 2.75) is 19.9 Å². The number of nitrogens with two attached hydrogens (primary N) is 1. The molecule has 3 N–H and O–H groups in total. The summed E-state index contributed by atoms with van der Waals surface area (Å²) in [6, 6.07) is 7.84. The van der Waals surface area contributed by atoms with Gasteiger partial charge in [0.2, 0.25) is 5.88 Å². The van der Waals surface area contributed by atoms with Crippen molar-refractivity contribution in [3.8, 4) is 5.88 Å². The van der Waals surface area contributed by atoms with Crippen molar-refractivity contribution in [3.05, 3.63) is 53.0 Å². The van der Waals surface area contributed by atoms with Gasteiger partial charge in [0.1, 0.15) is 6.33 Å². The maximum Gasteiger partial charge on any atom is 0.216 e. The fourth-order valence-electron chi connectivity index (χ4n) is 2.11. The Bertz CT molecular complexity index is 571. The van der Waals surface area contributed by atoms with Crippen LogP contribution >= 0.6 is 0 Å². The molecular formula is C14H18N4O. The fraction of sp³-hybridized carbons (Fsp3) is 0.286. The highest BCUT2D eigenvalue weighted by atomic mass is 16.5. The number of aryl methyl sites for hydroxylation is 2. The Hall–Kier alpha value is -1.98. The minimum absolute atomic E-state index is 0.183. The average Bonchev–Trinajstić information content (AvgIpc) is 2.42. The lowest BCUT2D eigenvalue weighted by molar-refractivity contribution is 0.395. The van der Waals surface area contributed by atoms with Crippen molar-refractivity contribution in [2.75, 3.05) is 7.11 Å². The van der Waals surface area contributed by atoms with Crippen molar-refractivity contribution in [3.63, 3.8) is 0 Å². The summed E-state index contributed by atoms with van der Waals surface area (Å²) in [5.41, 5.74) is 7.06. The third-order valence-corrected chi connectivity index (χ3v) is 3.07. The van der Waals surface area contributed by atoms with Gasteiger partial charge in [0.05, 0.1) is 18.8 Å². The van der Waals surface area contributed by atoms with Crippen LogP contribution in [0.4, 0.5) is 0 Å². The highest BCUT2D eigenvalue weighted by molar-refractivity contribution is 5.37. The monoisotopic (exact) mass is 258 g/mol. The molecule has 0 saturated carbocycles. The van der Waals surface area contributed by atoms with Crippen LogP contribution in [0.2, 0.25) is 0 Å². The summed E-state index contributed by atoms with van der Waals surface area (Å²) in [5.74, 6) is 6.21. The number of hydrazine groups is 1. The number of hydrogen-bond donors (Lipinski definition) is 2. The maximum absolute atomic E-state index is 5.68. The number of nitrogens with zero attached hydrogens (tertiary/aromatic N) is 2. The summed E-state index contributed by atoms with van der Waals surface area (Å²) in [7, 11) is 1.58. The third-order valence-electron chi connectivity index (χ3n) is 3.07. The van der Waals surface area contributed by atoms with E-state index in [1.807, 2.05) is 0 Å². The Morgan fingerprint density at radius 1 is 1.21 bits per heavy atom. The Kier molecular flexibility index (Phi) is 4.09. The van der Waals surface area contributed by atoms with E-state index in [1.54, 1.807) is 13.2 Å². The van der Waals surface area contributed by atoms with Crippen LogP contribution in [0.15, 0.2) is 30.6 Å². The zero-order valence-electron chi connectivity index (χ0n) is 11.3. The molecule has 100 valence electrons. The molecule has 0 spiro atoms. The first-order chi connectivity index (χ1) is 9.15. The molecule has 1 heterocycles. The van der Waals surface area contributed by atoms with Crippen LogP contribution in [0.1, 0.15) is 28.4 Å². The summed E-state index contributed by atoms with van der Waals surface area (Å²) in [6.45, 7) is 4.13. The van der Waals surface area contributed by atoms with Crippen LogP contribution in [0.5, 0.6) is 5.88 Å². The van der Waals surface area contributed by atoms with Crippen LogP contribution in [-0.4, -0.2) is 17.1 Å². The van der Waals surface area contributed by atoms with Gasteiger partial charge >= 0.3 is 0 Å². The smallest absolute Gasteiger partial charge is 0.216 e. The van der Waals surface area contributed by atoms with E-state index >= 15 is 0 Å². The molecule has 0 amide bonds. The number of methoxy groups -OCH3 is 1. The van der Waals surface area contributed by atoms with E-state index in [-0.39, 0.29) is 6.04 Å². The van der Waals surface area contributed by atoms with Gasteiger partial charge in [-0.15, -0.1) is 0 Å². The molecule has 0 bridgehead atoms. The van der Waals surface area contributed by atoms with E-state index in [2.05, 4.69) is 47.4 Å². The zero-order chi connectivity index (χ0) is 13.8. The second kappa shape index (κ2) is 5.77. The van der Waals surface area contributed by atoms with Gasteiger partial charge in [-0.25, -0.2) is 15.4 Å². The second-order valence-corrected chi connectivity index (χ2v) is 4.44. The molecule has 0 aliphatic rings. The van der Waals surface area contributed by atoms with Crippen LogP contribution in [0.3, 0.4) is 0 Å². The third kappa shape index (κ3) is 2.89. The van der Waals surface area contributed by atoms with Crippen molar-refractivity contribution < 1.29 is 4.74 Å². The minimum atomic E-state index is -0.183. The lowest BCUT2D eigenvalue weighted by Crippen LogP contribution is -2.30. The van der Waals surface area contributed by atoms with Gasteiger partial charge in [0.15, 0.2) is 0 Å². The SMILES string of the molecule is COc1cc(C(NN)c2ccc(C)cc2C)ncn1. The number of rotatable bonds is 4. The number of ether oxygens (including phenoxy) is 1. The minimum Gasteiger partial charge on any atom is -0.481 e. The molecule has 2 rings (SSSR count). The molecule has 1 aromatic heterocycles. The first kappa shape index (κ1) is 13.5. The molecule has 5 heteroatoms. The van der Waals surface area contributed by atoms with Gasteiger partial charge in [0.25, 0.3) is 0 Å². The summed E-state index contributed by atoms with van der Waals surface area (Å²) in [6.07, 6.45) is 1.47. The van der Waals surface area contributed by atoms with Crippen molar-refractivity contribution in [2.24, 2.45) is 5.84 Å². The lowest BCUT2D eigenvalue weighted by atomic mass is 9.97. The molecule has 0 saturated heterocycles. The molecule has 0 fully saturated rings. The van der Waals surface area contributed by atoms with Crippen LogP contribution in [0.25, 0.3) is 0 Å². The predicted octanol–water partition coefficient (Wildman–Crippen LogP) is 1.65. The quantitative estimate of drug-likeness (QED) is 0.644. The van der Waals surface area contributed by atoms with Gasteiger partial charge < -0.3 is 4.74 Å². The predicted molar refractivity (Wildman–Crippen MR) is 73.7 cm³/mol. The van der Waals surface area contributed by atoms with E-state index < -0.39 is 0 Å². The number of nitrogens with one attached hydrogen (secondary N) is 1. The summed E-state index contributed by atoms with van der Waals surface area (Å²) >= 11 is 0. The number of benzene rings is 1. The Morgan fingerprint density at radius 2 is 2.00 bits per heavy atom. The van der Waals surface area contributed by atoms with Crippen molar-refractivity contribution >= 4 is 0 Å². The molecule has 0 aliphatic heterocycles. The standard InChI is InChI=1S/C14H18N4O/c1-9-4-5-11(10(2)6-9)14(18-15)12-7-13(19-3)17-8-16-12/h4-8,14,18H,15H2,1-3H3. The molecule has 1 atom stereocenters. The summed E-state index contributed by atoms with van der Waals surface area (Å²) in [5, 5.41) is 0. The van der Waals surface area contributed by atoms with E-state index in [9.17, 15) is 0 Å². The molecule has 5 nitrogen and oxygen atoms in total.